The van der Waals surface area contributed by atoms with E-state index in [2.05, 4.69) is 6.58 Å². The van der Waals surface area contributed by atoms with Crippen molar-refractivity contribution in [1.29, 1.82) is 0 Å². The molecule has 2 aromatic rings. The van der Waals surface area contributed by atoms with Crippen molar-refractivity contribution in [3.8, 4) is 0 Å². The average molecular weight is 362 g/mol. The van der Waals surface area contributed by atoms with E-state index in [0.29, 0.717) is 24.5 Å². The number of aryl methyl sites for hydroxylation is 1. The minimum atomic E-state index is -0.457. The number of rotatable bonds is 6. The van der Waals surface area contributed by atoms with Gasteiger partial charge in [-0.3, -0.25) is 14.5 Å². The largest absolute Gasteiger partial charge is 0.310 e. The van der Waals surface area contributed by atoms with E-state index >= 15 is 0 Å². The molecule has 0 bridgehead atoms. The van der Waals surface area contributed by atoms with Crippen molar-refractivity contribution in [2.45, 2.75) is 13.5 Å². The molecule has 1 atom stereocenters. The van der Waals surface area contributed by atoms with Gasteiger partial charge < -0.3 is 4.90 Å². The molecule has 1 aliphatic heterocycles. The third-order valence-corrected chi connectivity index (χ3v) is 5.23. The second-order valence-electron chi connectivity index (χ2n) is 5.87. The lowest BCUT2D eigenvalue weighted by atomic mass is 10.1. The fourth-order valence-corrected chi connectivity index (χ4v) is 4.04. The van der Waals surface area contributed by atoms with E-state index in [1.54, 1.807) is 11.0 Å². The zero-order chi connectivity index (χ0) is 17.3. The first-order valence-electron chi connectivity index (χ1n) is 7.65. The Balaban J connectivity index is 1.83. The van der Waals surface area contributed by atoms with E-state index in [4.69, 9.17) is 11.6 Å². The number of hydrogen-bond acceptors (Lipinski definition) is 3. The van der Waals surface area contributed by atoms with Crippen molar-refractivity contribution in [1.82, 2.24) is 0 Å². The molecule has 1 aromatic heterocycles. The van der Waals surface area contributed by atoms with Crippen LogP contribution in [0.3, 0.4) is 0 Å². The van der Waals surface area contributed by atoms with Crippen LogP contribution >= 0.6 is 22.9 Å². The lowest BCUT2D eigenvalue weighted by Crippen LogP contribution is -3.12. The monoisotopic (exact) mass is 361 g/mol. The molecule has 1 N–H and O–H groups in total. The molecule has 1 aliphatic rings. The van der Waals surface area contributed by atoms with E-state index in [1.807, 2.05) is 37.3 Å². The van der Waals surface area contributed by atoms with Gasteiger partial charge in [-0.2, -0.15) is 0 Å². The van der Waals surface area contributed by atoms with Gasteiger partial charge in [0.25, 0.3) is 5.78 Å². The first-order chi connectivity index (χ1) is 11.5. The maximum atomic E-state index is 12.4. The zero-order valence-corrected chi connectivity index (χ0v) is 14.9. The summed E-state index contributed by atoms with van der Waals surface area (Å²) < 4.78 is 0.746. The highest BCUT2D eigenvalue weighted by molar-refractivity contribution is 7.16. The number of benzene rings is 1. The molecule has 4 nitrogen and oxygen atoms in total. The fourth-order valence-electron chi connectivity index (χ4n) is 2.88. The molecule has 0 saturated heterocycles. The summed E-state index contributed by atoms with van der Waals surface area (Å²) in [6.45, 7) is 7.54. The summed E-state index contributed by atoms with van der Waals surface area (Å²) in [4.78, 5) is 28.4. The van der Waals surface area contributed by atoms with Crippen LogP contribution < -0.4 is 9.80 Å². The van der Waals surface area contributed by atoms with Gasteiger partial charge in [0, 0.05) is 0 Å². The van der Waals surface area contributed by atoms with Gasteiger partial charge in [-0.15, -0.1) is 11.3 Å². The van der Waals surface area contributed by atoms with Crippen LogP contribution in [0, 0.1) is 6.92 Å². The summed E-state index contributed by atoms with van der Waals surface area (Å²) in [5.41, 5.74) is 2.17. The van der Waals surface area contributed by atoms with Gasteiger partial charge in [0.2, 0.25) is 0 Å². The summed E-state index contributed by atoms with van der Waals surface area (Å²) in [6, 6.07) is 9.41. The number of hydrogen-bond donors (Lipinski definition) is 1. The van der Waals surface area contributed by atoms with E-state index < -0.39 is 11.7 Å². The van der Waals surface area contributed by atoms with E-state index in [9.17, 15) is 9.59 Å². The Hall–Kier alpha value is -1.95. The first-order valence-corrected chi connectivity index (χ1v) is 8.84. The smallest absolute Gasteiger partial charge is 0.303 e. The number of nitrogens with zero attached hydrogens (tertiary/aromatic N) is 1. The maximum absolute atomic E-state index is 12.4. The molecule has 6 heteroatoms. The van der Waals surface area contributed by atoms with Crippen molar-refractivity contribution < 1.29 is 14.5 Å². The van der Waals surface area contributed by atoms with Crippen molar-refractivity contribution >= 4 is 40.3 Å². The third kappa shape index (κ3) is 3.29. The van der Waals surface area contributed by atoms with Crippen LogP contribution in [0.4, 0.5) is 5.69 Å². The topological polar surface area (TPSA) is 41.8 Å². The summed E-state index contributed by atoms with van der Waals surface area (Å²) in [5, 5.41) is 0. The first kappa shape index (κ1) is 16.9. The van der Waals surface area contributed by atoms with Crippen LogP contribution in [-0.4, -0.2) is 24.9 Å². The Bertz CT molecular complexity index is 815. The van der Waals surface area contributed by atoms with Crippen LogP contribution in [0.1, 0.15) is 20.8 Å². The second kappa shape index (κ2) is 6.89. The average Bonchev–Trinajstić information content (AvgIpc) is 3.05. The van der Waals surface area contributed by atoms with Crippen molar-refractivity contribution in [3.05, 3.63) is 63.3 Å². The fraction of sp³-hybridized carbons (Fsp3) is 0.222. The molecular weight excluding hydrogens is 344 g/mol. The second-order valence-corrected chi connectivity index (χ2v) is 7.67. The number of anilines is 1. The number of fused-ring (bicyclic) bond motifs is 1. The lowest BCUT2D eigenvalue weighted by molar-refractivity contribution is -0.906. The van der Waals surface area contributed by atoms with E-state index in [1.165, 1.54) is 11.3 Å². The van der Waals surface area contributed by atoms with Crippen LogP contribution in [-0.2, 0) is 11.3 Å². The molecule has 0 aliphatic carbocycles. The number of Topliss-reactive ketones (excluding diaryl/α,β-unsaturated/α-hetero) is 1. The quantitative estimate of drug-likeness (QED) is 0.634. The molecule has 1 unspecified atom stereocenters. The molecule has 0 spiro atoms. The van der Waals surface area contributed by atoms with Crippen molar-refractivity contribution in [2.75, 3.05) is 18.1 Å². The maximum Gasteiger partial charge on any atom is 0.303 e. The number of quaternary nitrogens is 1. The predicted molar refractivity (Wildman–Crippen MR) is 96.9 cm³/mol. The van der Waals surface area contributed by atoms with Gasteiger partial charge in [-0.25, -0.2) is 0 Å². The van der Waals surface area contributed by atoms with Gasteiger partial charge in [0.05, 0.1) is 27.0 Å². The van der Waals surface area contributed by atoms with Gasteiger partial charge >= 0.3 is 5.91 Å². The molecule has 2 heterocycles. The van der Waals surface area contributed by atoms with Crippen LogP contribution in [0.2, 0.25) is 4.34 Å². The van der Waals surface area contributed by atoms with Crippen molar-refractivity contribution in [2.24, 2.45) is 0 Å². The number of halogens is 1. The van der Waals surface area contributed by atoms with Gasteiger partial charge in [-0.05, 0) is 37.3 Å². The Labute approximate surface area is 149 Å². The Morgan fingerprint density at radius 3 is 2.75 bits per heavy atom. The van der Waals surface area contributed by atoms with Crippen LogP contribution in [0.15, 0.2) is 43.0 Å². The van der Waals surface area contributed by atoms with Crippen LogP contribution in [0.25, 0.3) is 0 Å². The molecule has 0 fully saturated rings. The van der Waals surface area contributed by atoms with Crippen molar-refractivity contribution in [3.63, 3.8) is 0 Å². The molecule has 24 heavy (non-hydrogen) atoms. The number of nitrogens with one attached hydrogen (secondary N) is 1. The van der Waals surface area contributed by atoms with Gasteiger partial charge in [0.1, 0.15) is 6.54 Å². The third-order valence-electron chi connectivity index (χ3n) is 3.99. The van der Waals surface area contributed by atoms with Gasteiger partial charge in [-0.1, -0.05) is 29.8 Å². The van der Waals surface area contributed by atoms with Crippen LogP contribution in [0.5, 0.6) is 0 Å². The molecule has 1 amide bonds. The Morgan fingerprint density at radius 2 is 2.08 bits per heavy atom. The number of carbonyl (C=O) groups excluding carboxylic acids is 2. The standard InChI is InChI=1S/C18H17ClN2O2S/c1-3-8-20(10-13-5-7-16(19)24-13)11-21-15-6-4-12(2)9-14(15)17(22)18(21)23/h3-7,9H,1,8,10-11H2,2H3/p+1. The molecule has 1 aromatic carbocycles. The van der Waals surface area contributed by atoms with E-state index in [-0.39, 0.29) is 0 Å². The highest BCUT2D eigenvalue weighted by atomic mass is 35.5. The summed E-state index contributed by atoms with van der Waals surface area (Å²) in [6.07, 6.45) is 1.82. The Kier molecular flexibility index (Phi) is 4.85. The zero-order valence-electron chi connectivity index (χ0n) is 13.3. The highest BCUT2D eigenvalue weighted by Crippen LogP contribution is 2.28. The minimum absolute atomic E-state index is 0.419. The summed E-state index contributed by atoms with van der Waals surface area (Å²) in [7, 11) is 0. The summed E-state index contributed by atoms with van der Waals surface area (Å²) >= 11 is 7.52. The normalized spacial score (nSPS) is 14.8. The molecule has 3 rings (SSSR count). The number of amides is 1. The van der Waals surface area contributed by atoms with Gasteiger partial charge in [0.15, 0.2) is 6.67 Å². The number of carbonyl (C=O) groups is 2. The minimum Gasteiger partial charge on any atom is -0.310 e. The predicted octanol–water partition coefficient (Wildman–Crippen LogP) is 2.47. The lowest BCUT2D eigenvalue weighted by Gasteiger charge is -2.23. The molecule has 0 radical (unpaired) electrons. The summed E-state index contributed by atoms with van der Waals surface area (Å²) in [5.74, 6) is -0.882. The number of ketones is 1. The highest BCUT2D eigenvalue weighted by Gasteiger charge is 2.37. The molecule has 124 valence electrons. The SMILES string of the molecule is C=CC[NH+](Cc1ccc(Cl)s1)CN1C(=O)C(=O)c2cc(C)ccc21. The number of thiophene rings is 1. The molecule has 0 saturated carbocycles. The van der Waals surface area contributed by atoms with E-state index in [0.717, 1.165) is 26.2 Å². The molecular formula is C18H18ClN2O2S+. The Morgan fingerprint density at radius 1 is 1.29 bits per heavy atom.